The van der Waals surface area contributed by atoms with Crippen LogP contribution in [0.3, 0.4) is 0 Å². The van der Waals surface area contributed by atoms with Crippen molar-refractivity contribution in [3.05, 3.63) is 111 Å². The van der Waals surface area contributed by atoms with Gasteiger partial charge in [-0.05, 0) is 54.4 Å². The van der Waals surface area contributed by atoms with Crippen molar-refractivity contribution in [3.63, 3.8) is 0 Å². The third-order valence-electron chi connectivity index (χ3n) is 5.11. The molecule has 1 N–H and O–H groups in total. The minimum atomic E-state index is -0.541. The van der Waals surface area contributed by atoms with Gasteiger partial charge in [0.1, 0.15) is 11.5 Å². The largest absolute Gasteiger partial charge is 0.350 e. The minimum absolute atomic E-state index is 0.0302. The fourth-order valence-corrected chi connectivity index (χ4v) is 3.41. The van der Waals surface area contributed by atoms with Crippen molar-refractivity contribution in [2.75, 3.05) is 5.32 Å². The molecule has 0 aromatic heterocycles. The summed E-state index contributed by atoms with van der Waals surface area (Å²) in [5.74, 6) is -1.49. The van der Waals surface area contributed by atoms with Gasteiger partial charge in [0.05, 0.1) is 17.0 Å². The van der Waals surface area contributed by atoms with Gasteiger partial charge >= 0.3 is 0 Å². The van der Waals surface area contributed by atoms with Gasteiger partial charge in [0.15, 0.2) is 0 Å². The first-order chi connectivity index (χ1) is 15.3. The molecule has 8 heteroatoms. The van der Waals surface area contributed by atoms with Gasteiger partial charge in [-0.2, -0.15) is 0 Å². The Labute approximate surface area is 182 Å². The number of carbonyl (C=O) groups excluding carboxylic acids is 2. The zero-order chi connectivity index (χ0) is 22.8. The van der Waals surface area contributed by atoms with E-state index in [0.717, 1.165) is 16.0 Å². The molecule has 0 aliphatic carbocycles. The van der Waals surface area contributed by atoms with E-state index in [4.69, 9.17) is 0 Å². The van der Waals surface area contributed by atoms with Crippen LogP contribution in [-0.4, -0.2) is 21.6 Å². The second kappa shape index (κ2) is 8.43. The lowest BCUT2D eigenvalue weighted by Gasteiger charge is -2.15. The highest BCUT2D eigenvalue weighted by Crippen LogP contribution is 2.32. The van der Waals surface area contributed by atoms with Gasteiger partial charge in [0.2, 0.25) is 0 Å². The molecular weight excluding hydrogens is 413 g/mol. The Morgan fingerprint density at radius 3 is 2.12 bits per heavy atom. The number of carbonyl (C=O) groups is 2. The highest BCUT2D eigenvalue weighted by Gasteiger charge is 2.39. The van der Waals surface area contributed by atoms with E-state index >= 15 is 0 Å². The van der Waals surface area contributed by atoms with Gasteiger partial charge in [0, 0.05) is 17.8 Å². The Hall–Kier alpha value is -4.33. The predicted molar refractivity (Wildman–Crippen MR) is 117 cm³/mol. The molecule has 0 unspecified atom stereocenters. The molecular formula is C24H18FN3O4. The smallest absolute Gasteiger partial charge is 0.278 e. The minimum Gasteiger partial charge on any atom is -0.350 e. The van der Waals surface area contributed by atoms with Gasteiger partial charge in [-0.1, -0.05) is 29.8 Å². The van der Waals surface area contributed by atoms with Gasteiger partial charge in [-0.3, -0.25) is 24.6 Å². The van der Waals surface area contributed by atoms with Gasteiger partial charge in [-0.25, -0.2) is 4.39 Å². The van der Waals surface area contributed by atoms with Crippen LogP contribution in [0.1, 0.15) is 16.7 Å². The van der Waals surface area contributed by atoms with Crippen molar-refractivity contribution >= 4 is 28.8 Å². The third-order valence-corrected chi connectivity index (χ3v) is 5.11. The lowest BCUT2D eigenvalue weighted by atomic mass is 10.0. The Morgan fingerprint density at radius 1 is 0.906 bits per heavy atom. The number of hydrogen-bond donors (Lipinski definition) is 1. The maximum absolute atomic E-state index is 13.3. The summed E-state index contributed by atoms with van der Waals surface area (Å²) < 4.78 is 13.3. The SMILES string of the molecule is Cc1ccc(CN2C(=O)C(Nc3ccc(F)cc3)=C(c3ccc([N+](=O)[O-])cc3)C2=O)cc1. The quantitative estimate of drug-likeness (QED) is 0.354. The van der Waals surface area contributed by atoms with E-state index in [1.54, 1.807) is 0 Å². The predicted octanol–water partition coefficient (Wildman–Crippen LogP) is 4.43. The monoisotopic (exact) mass is 431 g/mol. The number of amides is 2. The molecule has 1 heterocycles. The number of rotatable bonds is 6. The molecule has 3 aromatic carbocycles. The third kappa shape index (κ3) is 4.11. The summed E-state index contributed by atoms with van der Waals surface area (Å²) in [4.78, 5) is 38.1. The van der Waals surface area contributed by atoms with Crippen molar-refractivity contribution in [2.45, 2.75) is 13.5 Å². The summed E-state index contributed by atoms with van der Waals surface area (Å²) >= 11 is 0. The normalized spacial score (nSPS) is 13.6. The van der Waals surface area contributed by atoms with Crippen LogP contribution in [0, 0.1) is 22.9 Å². The molecule has 0 fully saturated rings. The topological polar surface area (TPSA) is 92.6 Å². The molecule has 1 aliphatic rings. The molecule has 32 heavy (non-hydrogen) atoms. The van der Waals surface area contributed by atoms with E-state index in [1.165, 1.54) is 48.5 Å². The first kappa shape index (κ1) is 20.9. The Morgan fingerprint density at radius 2 is 1.53 bits per heavy atom. The molecule has 0 radical (unpaired) electrons. The van der Waals surface area contributed by atoms with Crippen LogP contribution in [0.4, 0.5) is 15.8 Å². The van der Waals surface area contributed by atoms with Crippen LogP contribution in [-0.2, 0) is 16.1 Å². The summed E-state index contributed by atoms with van der Waals surface area (Å²) in [5.41, 5.74) is 2.63. The van der Waals surface area contributed by atoms with Gasteiger partial charge < -0.3 is 5.32 Å². The number of hydrogen-bond acceptors (Lipinski definition) is 5. The van der Waals surface area contributed by atoms with E-state index in [9.17, 15) is 24.1 Å². The summed E-state index contributed by atoms with van der Waals surface area (Å²) in [7, 11) is 0. The van der Waals surface area contributed by atoms with E-state index in [0.29, 0.717) is 11.3 Å². The number of halogens is 1. The van der Waals surface area contributed by atoms with Crippen molar-refractivity contribution in [1.29, 1.82) is 0 Å². The molecule has 0 atom stereocenters. The van der Waals surface area contributed by atoms with Crippen LogP contribution in [0.25, 0.3) is 5.57 Å². The zero-order valence-corrected chi connectivity index (χ0v) is 17.0. The number of benzene rings is 3. The van der Waals surface area contributed by atoms with E-state index in [2.05, 4.69) is 5.32 Å². The van der Waals surface area contributed by atoms with Crippen LogP contribution >= 0.6 is 0 Å². The molecule has 0 saturated heterocycles. The number of nitrogens with one attached hydrogen (secondary N) is 1. The highest BCUT2D eigenvalue weighted by atomic mass is 19.1. The molecule has 1 aliphatic heterocycles. The first-order valence-corrected chi connectivity index (χ1v) is 9.77. The van der Waals surface area contributed by atoms with Crippen molar-refractivity contribution in [2.24, 2.45) is 0 Å². The second-order valence-corrected chi connectivity index (χ2v) is 7.37. The van der Waals surface area contributed by atoms with Crippen molar-refractivity contribution in [3.8, 4) is 0 Å². The maximum atomic E-state index is 13.3. The zero-order valence-electron chi connectivity index (χ0n) is 17.0. The average Bonchev–Trinajstić information content (AvgIpc) is 3.01. The molecule has 4 rings (SSSR count). The second-order valence-electron chi connectivity index (χ2n) is 7.37. The number of imide groups is 1. The fraction of sp³-hybridized carbons (Fsp3) is 0.0833. The first-order valence-electron chi connectivity index (χ1n) is 9.77. The molecule has 2 amide bonds. The Balaban J connectivity index is 1.73. The number of non-ortho nitro benzene ring substituents is 1. The fourth-order valence-electron chi connectivity index (χ4n) is 3.41. The van der Waals surface area contributed by atoms with E-state index in [-0.39, 0.29) is 23.5 Å². The molecule has 0 spiro atoms. The van der Waals surface area contributed by atoms with Crippen LogP contribution in [0.5, 0.6) is 0 Å². The molecule has 0 bridgehead atoms. The van der Waals surface area contributed by atoms with Gasteiger partial charge in [-0.15, -0.1) is 0 Å². The van der Waals surface area contributed by atoms with Crippen molar-refractivity contribution < 1.29 is 18.9 Å². The lowest BCUT2D eigenvalue weighted by Crippen LogP contribution is -2.32. The van der Waals surface area contributed by atoms with E-state index in [1.807, 2.05) is 31.2 Å². The number of aryl methyl sites for hydroxylation is 1. The molecule has 3 aromatic rings. The van der Waals surface area contributed by atoms with E-state index < -0.39 is 22.6 Å². The maximum Gasteiger partial charge on any atom is 0.278 e. The summed E-state index contributed by atoms with van der Waals surface area (Å²) in [6, 6.07) is 18.3. The number of anilines is 1. The Kier molecular flexibility index (Phi) is 5.51. The summed E-state index contributed by atoms with van der Waals surface area (Å²) in [6.07, 6.45) is 0. The molecule has 7 nitrogen and oxygen atoms in total. The van der Waals surface area contributed by atoms with Crippen LogP contribution in [0.15, 0.2) is 78.5 Å². The van der Waals surface area contributed by atoms with Crippen LogP contribution in [0.2, 0.25) is 0 Å². The van der Waals surface area contributed by atoms with Crippen LogP contribution < -0.4 is 5.32 Å². The summed E-state index contributed by atoms with van der Waals surface area (Å²) in [6.45, 7) is 2.01. The highest BCUT2D eigenvalue weighted by molar-refractivity contribution is 6.36. The Bertz CT molecular complexity index is 1230. The summed E-state index contributed by atoms with van der Waals surface area (Å²) in [5, 5.41) is 13.9. The van der Waals surface area contributed by atoms with Crippen molar-refractivity contribution in [1.82, 2.24) is 4.90 Å². The lowest BCUT2D eigenvalue weighted by molar-refractivity contribution is -0.384. The number of nitro groups is 1. The number of nitrogens with zero attached hydrogens (tertiary/aromatic N) is 2. The van der Waals surface area contributed by atoms with Gasteiger partial charge in [0.25, 0.3) is 17.5 Å². The standard InChI is InChI=1S/C24H18FN3O4/c1-15-2-4-16(5-3-15)14-27-23(29)21(17-6-12-20(13-7-17)28(31)32)22(24(27)30)26-19-10-8-18(25)9-11-19/h2-13,26H,14H2,1H3. The molecule has 0 saturated carbocycles. The number of nitro benzene ring substituents is 1. The molecule has 160 valence electrons. The average molecular weight is 431 g/mol.